The Morgan fingerprint density at radius 3 is 2.42 bits per heavy atom. The van der Waals surface area contributed by atoms with Gasteiger partial charge in [0.25, 0.3) is 0 Å². The van der Waals surface area contributed by atoms with E-state index in [1.165, 1.54) is 4.91 Å². The van der Waals surface area contributed by atoms with E-state index >= 15 is 0 Å². The number of allylic oxidation sites excluding steroid dienone is 1. The average molecular weight is 186 g/mol. The van der Waals surface area contributed by atoms with Crippen LogP contribution in [0.15, 0.2) is 22.8 Å². The molecule has 0 bridgehead atoms. The van der Waals surface area contributed by atoms with Gasteiger partial charge in [-0.25, -0.2) is 0 Å². The van der Waals surface area contributed by atoms with Crippen LogP contribution in [0.2, 0.25) is 0 Å². The van der Waals surface area contributed by atoms with E-state index in [4.69, 9.17) is 4.74 Å². The highest BCUT2D eigenvalue weighted by Crippen LogP contribution is 2.35. The first-order valence-corrected chi connectivity index (χ1v) is 5.22. The number of hydrogen-bond acceptors (Lipinski definition) is 2. The number of rotatable bonds is 2. The van der Waals surface area contributed by atoms with Crippen LogP contribution in [-0.4, -0.2) is 0 Å². The van der Waals surface area contributed by atoms with Crippen LogP contribution in [0, 0.1) is 5.92 Å². The molecule has 0 spiro atoms. The topological polar surface area (TPSA) is 9.23 Å². The third-order valence-corrected chi connectivity index (χ3v) is 2.03. The molecule has 0 radical (unpaired) electrons. The number of ether oxygens (including phenoxy) is 1. The summed E-state index contributed by atoms with van der Waals surface area (Å²) in [4.78, 5) is 1.29. The second kappa shape index (κ2) is 6.18. The first-order chi connectivity index (χ1) is 5.68. The van der Waals surface area contributed by atoms with Crippen LogP contribution in [0.4, 0.5) is 0 Å². The molecule has 0 aromatic carbocycles. The van der Waals surface area contributed by atoms with E-state index in [0.29, 0.717) is 5.92 Å². The molecule has 0 aliphatic carbocycles. The van der Waals surface area contributed by atoms with Crippen molar-refractivity contribution in [2.75, 3.05) is 0 Å². The van der Waals surface area contributed by atoms with Gasteiger partial charge in [0, 0.05) is 4.91 Å². The molecule has 0 saturated heterocycles. The zero-order chi connectivity index (χ0) is 9.56. The van der Waals surface area contributed by atoms with Crippen LogP contribution in [0.25, 0.3) is 0 Å². The molecular weight excluding hydrogens is 168 g/mol. The summed E-state index contributed by atoms with van der Waals surface area (Å²) >= 11 is 1.64. The zero-order valence-electron chi connectivity index (χ0n) is 8.39. The minimum Gasteiger partial charge on any atom is -0.458 e. The van der Waals surface area contributed by atoms with Crippen molar-refractivity contribution in [3.8, 4) is 0 Å². The van der Waals surface area contributed by atoms with Gasteiger partial charge in [-0.15, -0.1) is 0 Å². The molecule has 12 heavy (non-hydrogen) atoms. The van der Waals surface area contributed by atoms with Gasteiger partial charge in [0.1, 0.15) is 6.26 Å². The van der Waals surface area contributed by atoms with Crippen molar-refractivity contribution in [3.63, 3.8) is 0 Å². The lowest BCUT2D eigenvalue weighted by molar-refractivity contribution is 0.394. The molecule has 0 aromatic heterocycles. The minimum absolute atomic E-state index is 0.702. The van der Waals surface area contributed by atoms with Gasteiger partial charge in [-0.1, -0.05) is 39.5 Å². The molecule has 0 saturated carbocycles. The second-order valence-corrected chi connectivity index (χ2v) is 3.96. The SMILES string of the molecule is C=C1OC=C(CC(C)C)S1.CC. The van der Waals surface area contributed by atoms with E-state index in [-0.39, 0.29) is 0 Å². The molecule has 0 N–H and O–H groups in total. The average Bonchev–Trinajstić information content (AvgIpc) is 2.39. The summed E-state index contributed by atoms with van der Waals surface area (Å²) in [5.41, 5.74) is 0. The van der Waals surface area contributed by atoms with Crippen LogP contribution < -0.4 is 0 Å². The first kappa shape index (κ1) is 11.6. The van der Waals surface area contributed by atoms with E-state index in [1.807, 2.05) is 13.8 Å². The normalized spacial score (nSPS) is 15.1. The number of hydrogen-bond donors (Lipinski definition) is 0. The summed E-state index contributed by atoms with van der Waals surface area (Å²) in [6.45, 7) is 12.1. The molecule has 2 heteroatoms. The van der Waals surface area contributed by atoms with Crippen molar-refractivity contribution >= 4 is 11.8 Å². The third-order valence-electron chi connectivity index (χ3n) is 1.18. The maximum Gasteiger partial charge on any atom is 0.157 e. The summed E-state index contributed by atoms with van der Waals surface area (Å²) in [7, 11) is 0. The van der Waals surface area contributed by atoms with Crippen LogP contribution in [0.5, 0.6) is 0 Å². The Balaban J connectivity index is 0.000000561. The maximum absolute atomic E-state index is 5.07. The smallest absolute Gasteiger partial charge is 0.157 e. The van der Waals surface area contributed by atoms with Gasteiger partial charge < -0.3 is 4.74 Å². The van der Waals surface area contributed by atoms with Gasteiger partial charge in [-0.05, 0) is 18.9 Å². The molecule has 1 rings (SSSR count). The molecule has 70 valence electrons. The minimum atomic E-state index is 0.702. The standard InChI is InChI=1S/C8H12OS.C2H6/c1-6(2)4-8-5-9-7(3)10-8;1-2/h5-6H,3-4H2,1-2H3;1-2H3. The van der Waals surface area contributed by atoms with Crippen molar-refractivity contribution in [1.29, 1.82) is 0 Å². The number of thioether (sulfide) groups is 1. The molecule has 0 aromatic rings. The Morgan fingerprint density at radius 2 is 2.08 bits per heavy atom. The molecule has 1 aliphatic rings. The summed E-state index contributed by atoms with van der Waals surface area (Å²) in [5, 5.41) is 0.802. The van der Waals surface area contributed by atoms with Gasteiger partial charge >= 0.3 is 0 Å². The molecule has 0 amide bonds. The van der Waals surface area contributed by atoms with Gasteiger partial charge in [-0.2, -0.15) is 0 Å². The van der Waals surface area contributed by atoms with Gasteiger partial charge in [0.2, 0.25) is 0 Å². The fourth-order valence-electron chi connectivity index (χ4n) is 0.818. The molecule has 1 aliphatic heterocycles. The lowest BCUT2D eigenvalue weighted by Gasteiger charge is -2.00. The highest BCUT2D eigenvalue weighted by Gasteiger charge is 2.11. The molecule has 0 atom stereocenters. The summed E-state index contributed by atoms with van der Waals surface area (Å²) in [6, 6.07) is 0. The van der Waals surface area contributed by atoms with Crippen LogP contribution in [0.1, 0.15) is 34.1 Å². The highest BCUT2D eigenvalue weighted by atomic mass is 32.2. The van der Waals surface area contributed by atoms with Crippen LogP contribution >= 0.6 is 11.8 Å². The highest BCUT2D eigenvalue weighted by molar-refractivity contribution is 8.06. The third kappa shape index (κ3) is 4.50. The lowest BCUT2D eigenvalue weighted by atomic mass is 10.1. The van der Waals surface area contributed by atoms with Gasteiger partial charge in [0.15, 0.2) is 5.09 Å². The molecule has 0 unspecified atom stereocenters. The van der Waals surface area contributed by atoms with E-state index in [1.54, 1.807) is 18.0 Å². The van der Waals surface area contributed by atoms with Crippen molar-refractivity contribution in [2.24, 2.45) is 5.92 Å². The fraction of sp³-hybridized carbons (Fsp3) is 0.600. The summed E-state index contributed by atoms with van der Waals surface area (Å²) in [6.07, 6.45) is 2.90. The quantitative estimate of drug-likeness (QED) is 0.641. The van der Waals surface area contributed by atoms with Crippen molar-refractivity contribution in [1.82, 2.24) is 0 Å². The Morgan fingerprint density at radius 1 is 1.50 bits per heavy atom. The fourth-order valence-corrected chi connectivity index (χ4v) is 1.72. The lowest BCUT2D eigenvalue weighted by Crippen LogP contribution is -1.85. The van der Waals surface area contributed by atoms with Crippen LogP contribution in [-0.2, 0) is 4.74 Å². The van der Waals surface area contributed by atoms with Gasteiger partial charge in [-0.3, -0.25) is 0 Å². The van der Waals surface area contributed by atoms with Crippen LogP contribution in [0.3, 0.4) is 0 Å². The molecule has 0 fully saturated rings. The Hall–Kier alpha value is -0.370. The molecular formula is C10H18OS. The predicted octanol–water partition coefficient (Wildman–Crippen LogP) is 4.13. The monoisotopic (exact) mass is 186 g/mol. The Kier molecular flexibility index (Phi) is 5.99. The molecule has 1 nitrogen and oxygen atoms in total. The first-order valence-electron chi connectivity index (χ1n) is 4.41. The van der Waals surface area contributed by atoms with Crippen molar-refractivity contribution < 1.29 is 4.74 Å². The predicted molar refractivity (Wildman–Crippen MR) is 56.7 cm³/mol. The molecule has 1 heterocycles. The van der Waals surface area contributed by atoms with E-state index in [0.717, 1.165) is 11.5 Å². The van der Waals surface area contributed by atoms with Crippen molar-refractivity contribution in [3.05, 3.63) is 22.8 Å². The Bertz CT molecular complexity index is 171. The van der Waals surface area contributed by atoms with Gasteiger partial charge in [0.05, 0.1) is 0 Å². The summed E-state index contributed by atoms with van der Waals surface area (Å²) in [5.74, 6) is 0.702. The second-order valence-electron chi connectivity index (χ2n) is 2.77. The zero-order valence-corrected chi connectivity index (χ0v) is 9.20. The largest absolute Gasteiger partial charge is 0.458 e. The van der Waals surface area contributed by atoms with E-state index < -0.39 is 0 Å². The van der Waals surface area contributed by atoms with E-state index in [2.05, 4.69) is 20.4 Å². The Labute approximate surface area is 79.9 Å². The maximum atomic E-state index is 5.07. The van der Waals surface area contributed by atoms with Crippen molar-refractivity contribution in [2.45, 2.75) is 34.1 Å². The van der Waals surface area contributed by atoms with E-state index in [9.17, 15) is 0 Å². The summed E-state index contributed by atoms with van der Waals surface area (Å²) < 4.78 is 5.07.